The van der Waals surface area contributed by atoms with Crippen molar-refractivity contribution in [1.29, 1.82) is 0 Å². The molecule has 1 saturated carbocycles. The van der Waals surface area contributed by atoms with Crippen LogP contribution in [0, 0.1) is 24.1 Å². The minimum Gasteiger partial charge on any atom is -0.388 e. The maximum Gasteiger partial charge on any atom is 0.126 e. The van der Waals surface area contributed by atoms with Crippen LogP contribution in [0.5, 0.6) is 0 Å². The highest BCUT2D eigenvalue weighted by atomic mass is 19.1. The molecule has 2 nitrogen and oxygen atoms in total. The monoisotopic (exact) mass is 293 g/mol. The van der Waals surface area contributed by atoms with Gasteiger partial charge in [0.1, 0.15) is 5.82 Å². The minimum atomic E-state index is -0.593. The lowest BCUT2D eigenvalue weighted by atomic mass is 9.65. The van der Waals surface area contributed by atoms with Crippen LogP contribution >= 0.6 is 0 Å². The maximum absolute atomic E-state index is 13.4. The normalized spacial score (nSPS) is 27.6. The number of aryl methyl sites for hydroxylation is 1. The summed E-state index contributed by atoms with van der Waals surface area (Å²) >= 11 is 0. The first-order chi connectivity index (χ1) is 10.0. The fraction of sp³-hybridized carbons (Fsp3) is 0.667. The van der Waals surface area contributed by atoms with Crippen molar-refractivity contribution in [2.45, 2.75) is 58.5 Å². The molecule has 0 aliphatic heterocycles. The number of aliphatic hydroxyl groups is 1. The second kappa shape index (κ2) is 6.89. The van der Waals surface area contributed by atoms with E-state index in [0.29, 0.717) is 12.1 Å². The number of benzene rings is 1. The molecule has 0 amide bonds. The van der Waals surface area contributed by atoms with Crippen molar-refractivity contribution in [3.8, 4) is 0 Å². The minimum absolute atomic E-state index is 0.223. The molecule has 3 heteroatoms. The molecule has 2 rings (SSSR count). The Morgan fingerprint density at radius 2 is 2.05 bits per heavy atom. The number of hydrogen-bond donors (Lipinski definition) is 2. The summed E-state index contributed by atoms with van der Waals surface area (Å²) in [4.78, 5) is 0. The summed E-state index contributed by atoms with van der Waals surface area (Å²) in [5.41, 5.74) is 7.17. The number of rotatable bonds is 5. The fourth-order valence-corrected chi connectivity index (χ4v) is 3.73. The van der Waals surface area contributed by atoms with Crippen molar-refractivity contribution < 1.29 is 9.50 Å². The summed E-state index contributed by atoms with van der Waals surface area (Å²) < 4.78 is 13.4. The Hall–Kier alpha value is -0.930. The Morgan fingerprint density at radius 1 is 1.38 bits per heavy atom. The van der Waals surface area contributed by atoms with Gasteiger partial charge in [-0.1, -0.05) is 31.9 Å². The molecule has 0 heterocycles. The van der Waals surface area contributed by atoms with Crippen molar-refractivity contribution >= 4 is 0 Å². The molecular formula is C18H28FNO. The molecule has 1 aromatic carbocycles. The van der Waals surface area contributed by atoms with Gasteiger partial charge in [0.05, 0.1) is 6.10 Å². The lowest BCUT2D eigenvalue weighted by Gasteiger charge is -2.43. The van der Waals surface area contributed by atoms with Gasteiger partial charge in [-0.15, -0.1) is 0 Å². The van der Waals surface area contributed by atoms with Gasteiger partial charge in [-0.05, 0) is 55.7 Å². The molecule has 1 aromatic rings. The van der Waals surface area contributed by atoms with E-state index in [0.717, 1.165) is 37.2 Å². The second-order valence-corrected chi connectivity index (χ2v) is 6.71. The smallest absolute Gasteiger partial charge is 0.126 e. The number of aliphatic hydroxyl groups excluding tert-OH is 1. The van der Waals surface area contributed by atoms with Crippen molar-refractivity contribution in [3.05, 3.63) is 35.1 Å². The Morgan fingerprint density at radius 3 is 2.57 bits per heavy atom. The van der Waals surface area contributed by atoms with Crippen LogP contribution in [0.2, 0.25) is 0 Å². The average molecular weight is 293 g/mol. The van der Waals surface area contributed by atoms with E-state index in [1.54, 1.807) is 19.1 Å². The third kappa shape index (κ3) is 3.46. The zero-order chi connectivity index (χ0) is 15.5. The molecule has 118 valence electrons. The molecule has 1 aliphatic rings. The van der Waals surface area contributed by atoms with Crippen LogP contribution in [0.1, 0.15) is 62.7 Å². The predicted octanol–water partition coefficient (Wildman–Crippen LogP) is 4.10. The molecule has 1 fully saturated rings. The Kier molecular flexibility index (Phi) is 5.39. The second-order valence-electron chi connectivity index (χ2n) is 6.71. The van der Waals surface area contributed by atoms with Crippen LogP contribution in [-0.4, -0.2) is 11.7 Å². The first-order valence-electron chi connectivity index (χ1n) is 8.16. The van der Waals surface area contributed by atoms with Crippen molar-refractivity contribution in [3.63, 3.8) is 0 Å². The molecule has 0 radical (unpaired) electrons. The van der Waals surface area contributed by atoms with Gasteiger partial charge in [0.2, 0.25) is 0 Å². The Bertz CT molecular complexity index is 466. The molecule has 0 bridgehead atoms. The van der Waals surface area contributed by atoms with Gasteiger partial charge >= 0.3 is 0 Å². The highest BCUT2D eigenvalue weighted by molar-refractivity contribution is 5.27. The molecule has 0 spiro atoms. The van der Waals surface area contributed by atoms with Crippen LogP contribution < -0.4 is 5.73 Å². The summed E-state index contributed by atoms with van der Waals surface area (Å²) in [6, 6.07) is 4.90. The zero-order valence-corrected chi connectivity index (χ0v) is 13.2. The molecule has 3 N–H and O–H groups in total. The zero-order valence-electron chi connectivity index (χ0n) is 13.2. The van der Waals surface area contributed by atoms with E-state index in [1.165, 1.54) is 18.9 Å². The molecule has 1 atom stereocenters. The third-order valence-corrected chi connectivity index (χ3v) is 5.28. The standard InChI is InChI=1S/C18H28FNO/c1-3-4-14-7-9-18(12-20,10-8-14)17(21)15-5-6-16(19)13(2)11-15/h5-6,11,14,17,21H,3-4,7-10,12,20H2,1-2H3. The van der Waals surface area contributed by atoms with E-state index >= 15 is 0 Å². The summed E-state index contributed by atoms with van der Waals surface area (Å²) in [7, 11) is 0. The van der Waals surface area contributed by atoms with Gasteiger partial charge in [-0.2, -0.15) is 0 Å². The van der Waals surface area contributed by atoms with Gasteiger partial charge in [-0.25, -0.2) is 4.39 Å². The summed E-state index contributed by atoms with van der Waals surface area (Å²) in [6.45, 7) is 4.45. The van der Waals surface area contributed by atoms with Gasteiger partial charge in [0.25, 0.3) is 0 Å². The summed E-state index contributed by atoms with van der Waals surface area (Å²) in [5.74, 6) is 0.552. The van der Waals surface area contributed by atoms with Crippen molar-refractivity contribution in [2.75, 3.05) is 6.54 Å². The van der Waals surface area contributed by atoms with Crippen molar-refractivity contribution in [2.24, 2.45) is 17.1 Å². The lowest BCUT2D eigenvalue weighted by molar-refractivity contribution is -0.0109. The number of nitrogens with two attached hydrogens (primary N) is 1. The van der Waals surface area contributed by atoms with E-state index in [2.05, 4.69) is 6.92 Å². The molecule has 0 aromatic heterocycles. The average Bonchev–Trinajstić information content (AvgIpc) is 2.51. The molecule has 1 aliphatic carbocycles. The Balaban J connectivity index is 2.15. The first-order valence-corrected chi connectivity index (χ1v) is 8.16. The van der Waals surface area contributed by atoms with E-state index in [1.807, 2.05) is 0 Å². The quantitative estimate of drug-likeness (QED) is 0.858. The fourth-order valence-electron chi connectivity index (χ4n) is 3.73. The maximum atomic E-state index is 13.4. The van der Waals surface area contributed by atoms with Gasteiger partial charge in [-0.3, -0.25) is 0 Å². The number of hydrogen-bond acceptors (Lipinski definition) is 2. The first kappa shape index (κ1) is 16.4. The Labute approximate surface area is 127 Å². The van der Waals surface area contributed by atoms with Crippen molar-refractivity contribution in [1.82, 2.24) is 0 Å². The molecule has 1 unspecified atom stereocenters. The predicted molar refractivity (Wildman–Crippen MR) is 84.5 cm³/mol. The van der Waals surface area contributed by atoms with Crippen LogP contribution in [0.4, 0.5) is 4.39 Å². The SMILES string of the molecule is CCCC1CCC(CN)(C(O)c2ccc(F)c(C)c2)CC1. The van der Waals surface area contributed by atoms with E-state index < -0.39 is 6.10 Å². The summed E-state index contributed by atoms with van der Waals surface area (Å²) in [6.07, 6.45) is 6.11. The third-order valence-electron chi connectivity index (χ3n) is 5.28. The van der Waals surface area contributed by atoms with Crippen LogP contribution in [0.25, 0.3) is 0 Å². The van der Waals surface area contributed by atoms with E-state index in [-0.39, 0.29) is 11.2 Å². The number of halogens is 1. The van der Waals surface area contributed by atoms with E-state index in [4.69, 9.17) is 5.73 Å². The van der Waals surface area contributed by atoms with Gasteiger partial charge in [0.15, 0.2) is 0 Å². The largest absolute Gasteiger partial charge is 0.388 e. The van der Waals surface area contributed by atoms with Crippen LogP contribution in [-0.2, 0) is 0 Å². The highest BCUT2D eigenvalue weighted by Gasteiger charge is 2.40. The molecule has 0 saturated heterocycles. The molecule has 21 heavy (non-hydrogen) atoms. The van der Waals surface area contributed by atoms with Gasteiger partial charge in [0, 0.05) is 12.0 Å². The lowest BCUT2D eigenvalue weighted by Crippen LogP contribution is -2.40. The highest BCUT2D eigenvalue weighted by Crippen LogP contribution is 2.47. The van der Waals surface area contributed by atoms with Crippen LogP contribution in [0.15, 0.2) is 18.2 Å². The van der Waals surface area contributed by atoms with Gasteiger partial charge < -0.3 is 10.8 Å². The van der Waals surface area contributed by atoms with Crippen LogP contribution in [0.3, 0.4) is 0 Å². The molecular weight excluding hydrogens is 265 g/mol. The topological polar surface area (TPSA) is 46.2 Å². The van der Waals surface area contributed by atoms with E-state index in [9.17, 15) is 9.50 Å². The summed E-state index contributed by atoms with van der Waals surface area (Å²) in [5, 5.41) is 10.8.